The van der Waals surface area contributed by atoms with Crippen LogP contribution < -0.4 is 15.1 Å². The number of carbonyl (C=O) groups excluding carboxylic acids is 1. The molecule has 4 rings (SSSR count). The standard InChI is InChI=1S/C22H20FNO5/c23-18-3-1-2-4-19(18)28-16-9-11-24(12-10-16)21(25)14-27-17-7-5-15-6-8-22(26)29-20(15)13-17/h1-8,13,16H,9-12,14H2. The van der Waals surface area contributed by atoms with E-state index in [2.05, 4.69) is 0 Å². The first-order chi connectivity index (χ1) is 14.1. The summed E-state index contributed by atoms with van der Waals surface area (Å²) in [5, 5.41) is 0.778. The molecule has 0 spiro atoms. The van der Waals surface area contributed by atoms with Gasteiger partial charge in [-0.05, 0) is 30.3 Å². The summed E-state index contributed by atoms with van der Waals surface area (Å²) in [7, 11) is 0. The van der Waals surface area contributed by atoms with E-state index in [-0.39, 0.29) is 30.2 Å². The Hall–Kier alpha value is -3.35. The summed E-state index contributed by atoms with van der Waals surface area (Å²) in [5.41, 5.74) is -0.0280. The Labute approximate surface area is 166 Å². The molecule has 1 aliphatic heterocycles. The zero-order chi connectivity index (χ0) is 20.2. The van der Waals surface area contributed by atoms with Crippen molar-refractivity contribution < 1.29 is 23.1 Å². The third-order valence-electron chi connectivity index (χ3n) is 4.88. The van der Waals surface area contributed by atoms with Gasteiger partial charge >= 0.3 is 5.63 Å². The van der Waals surface area contributed by atoms with Crippen LogP contribution in [0.3, 0.4) is 0 Å². The number of ether oxygens (including phenoxy) is 2. The smallest absolute Gasteiger partial charge is 0.336 e. The van der Waals surface area contributed by atoms with Gasteiger partial charge in [0.05, 0.1) is 0 Å². The van der Waals surface area contributed by atoms with Gasteiger partial charge < -0.3 is 18.8 Å². The van der Waals surface area contributed by atoms with Crippen LogP contribution in [0.1, 0.15) is 12.8 Å². The lowest BCUT2D eigenvalue weighted by Crippen LogP contribution is -2.43. The second-order valence-electron chi connectivity index (χ2n) is 6.87. The molecule has 0 aliphatic carbocycles. The number of halogens is 1. The highest BCUT2D eigenvalue weighted by Crippen LogP contribution is 2.22. The number of nitrogens with zero attached hydrogens (tertiary/aromatic N) is 1. The third-order valence-corrected chi connectivity index (χ3v) is 4.88. The molecule has 1 amide bonds. The van der Waals surface area contributed by atoms with Gasteiger partial charge in [-0.15, -0.1) is 0 Å². The van der Waals surface area contributed by atoms with Crippen LogP contribution in [-0.2, 0) is 4.79 Å². The fourth-order valence-electron chi connectivity index (χ4n) is 3.31. The van der Waals surface area contributed by atoms with Crippen molar-refractivity contribution in [3.8, 4) is 11.5 Å². The lowest BCUT2D eigenvalue weighted by molar-refractivity contribution is -0.135. The second-order valence-corrected chi connectivity index (χ2v) is 6.87. The lowest BCUT2D eigenvalue weighted by Gasteiger charge is -2.32. The molecule has 1 fully saturated rings. The number of hydrogen-bond acceptors (Lipinski definition) is 5. The molecule has 1 aromatic heterocycles. The normalized spacial score (nSPS) is 14.7. The van der Waals surface area contributed by atoms with Crippen LogP contribution in [0.15, 0.2) is 63.8 Å². The van der Waals surface area contributed by atoms with Gasteiger partial charge in [-0.1, -0.05) is 12.1 Å². The van der Waals surface area contributed by atoms with Gasteiger partial charge in [-0.25, -0.2) is 9.18 Å². The number of piperidine rings is 1. The van der Waals surface area contributed by atoms with Crippen molar-refractivity contribution in [3.05, 3.63) is 70.8 Å². The van der Waals surface area contributed by atoms with E-state index in [0.717, 1.165) is 5.39 Å². The molecule has 0 N–H and O–H groups in total. The summed E-state index contributed by atoms with van der Waals surface area (Å²) in [6.07, 6.45) is 1.13. The molecule has 2 aromatic carbocycles. The Kier molecular flexibility index (Phi) is 5.46. The van der Waals surface area contributed by atoms with Crippen molar-refractivity contribution in [1.82, 2.24) is 4.90 Å². The Morgan fingerprint density at radius 1 is 1.10 bits per heavy atom. The van der Waals surface area contributed by atoms with Crippen molar-refractivity contribution in [1.29, 1.82) is 0 Å². The zero-order valence-electron chi connectivity index (χ0n) is 15.7. The Bertz CT molecular complexity index is 1070. The first-order valence-corrected chi connectivity index (χ1v) is 9.44. The number of para-hydroxylation sites is 1. The van der Waals surface area contributed by atoms with Crippen LogP contribution in [0.25, 0.3) is 11.0 Å². The summed E-state index contributed by atoms with van der Waals surface area (Å²) in [6.45, 7) is 0.934. The van der Waals surface area contributed by atoms with Gasteiger partial charge in [0, 0.05) is 43.5 Å². The van der Waals surface area contributed by atoms with Crippen molar-refractivity contribution in [2.75, 3.05) is 19.7 Å². The molecule has 6 nitrogen and oxygen atoms in total. The monoisotopic (exact) mass is 397 g/mol. The highest BCUT2D eigenvalue weighted by molar-refractivity contribution is 5.79. The van der Waals surface area contributed by atoms with Crippen LogP contribution in [0, 0.1) is 5.82 Å². The Morgan fingerprint density at radius 3 is 2.66 bits per heavy atom. The largest absolute Gasteiger partial charge is 0.487 e. The fraction of sp³-hybridized carbons (Fsp3) is 0.273. The number of rotatable bonds is 5. The molecule has 0 bridgehead atoms. The maximum atomic E-state index is 13.7. The highest BCUT2D eigenvalue weighted by Gasteiger charge is 2.24. The van der Waals surface area contributed by atoms with Crippen LogP contribution in [0.4, 0.5) is 4.39 Å². The first-order valence-electron chi connectivity index (χ1n) is 9.44. The summed E-state index contributed by atoms with van der Waals surface area (Å²) in [4.78, 5) is 25.5. The van der Waals surface area contributed by atoms with Crippen LogP contribution in [0.5, 0.6) is 11.5 Å². The summed E-state index contributed by atoms with van der Waals surface area (Å²) >= 11 is 0. The van der Waals surface area contributed by atoms with E-state index in [1.165, 1.54) is 12.1 Å². The van der Waals surface area contributed by atoms with Crippen molar-refractivity contribution in [2.45, 2.75) is 18.9 Å². The molecular weight excluding hydrogens is 377 g/mol. The number of hydrogen-bond donors (Lipinski definition) is 0. The quantitative estimate of drug-likeness (QED) is 0.618. The minimum Gasteiger partial charge on any atom is -0.487 e. The molecule has 1 aliphatic rings. The first kappa shape index (κ1) is 19.0. The van der Waals surface area contributed by atoms with Gasteiger partial charge in [0.2, 0.25) is 0 Å². The van der Waals surface area contributed by atoms with E-state index in [0.29, 0.717) is 37.3 Å². The average molecular weight is 397 g/mol. The molecule has 0 unspecified atom stereocenters. The van der Waals surface area contributed by atoms with Crippen LogP contribution >= 0.6 is 0 Å². The molecule has 0 saturated carbocycles. The summed E-state index contributed by atoms with van der Waals surface area (Å²) in [5.74, 6) is 0.177. The van der Waals surface area contributed by atoms with Gasteiger partial charge in [0.25, 0.3) is 5.91 Å². The predicted octanol–water partition coefficient (Wildman–Crippen LogP) is 3.38. The maximum Gasteiger partial charge on any atom is 0.336 e. The number of likely N-dealkylation sites (tertiary alicyclic amines) is 1. The van der Waals surface area contributed by atoms with Crippen molar-refractivity contribution in [2.24, 2.45) is 0 Å². The van der Waals surface area contributed by atoms with Crippen molar-refractivity contribution >= 4 is 16.9 Å². The number of carbonyl (C=O) groups is 1. The van der Waals surface area contributed by atoms with Gasteiger partial charge in [0.1, 0.15) is 17.4 Å². The maximum absolute atomic E-state index is 13.7. The topological polar surface area (TPSA) is 69.0 Å². The van der Waals surface area contributed by atoms with Gasteiger partial charge in [0.15, 0.2) is 18.2 Å². The number of benzene rings is 2. The SMILES string of the molecule is O=C(COc1ccc2ccc(=O)oc2c1)N1CCC(Oc2ccccc2F)CC1. The van der Waals surface area contributed by atoms with E-state index in [1.54, 1.807) is 47.4 Å². The molecule has 3 aromatic rings. The van der Waals surface area contributed by atoms with Gasteiger partial charge in [-0.2, -0.15) is 0 Å². The highest BCUT2D eigenvalue weighted by atomic mass is 19.1. The van der Waals surface area contributed by atoms with Crippen molar-refractivity contribution in [3.63, 3.8) is 0 Å². The summed E-state index contributed by atoms with van der Waals surface area (Å²) in [6, 6.07) is 14.4. The molecular formula is C22H20FNO5. The molecule has 0 radical (unpaired) electrons. The molecule has 1 saturated heterocycles. The van der Waals surface area contributed by atoms with Crippen LogP contribution in [-0.4, -0.2) is 36.6 Å². The van der Waals surface area contributed by atoms with Gasteiger partial charge in [-0.3, -0.25) is 4.79 Å². The van der Waals surface area contributed by atoms with E-state index >= 15 is 0 Å². The van der Waals surface area contributed by atoms with Crippen LogP contribution in [0.2, 0.25) is 0 Å². The summed E-state index contributed by atoms with van der Waals surface area (Å²) < 4.78 is 30.1. The predicted molar refractivity (Wildman–Crippen MR) is 105 cm³/mol. The second kappa shape index (κ2) is 8.34. The molecule has 2 heterocycles. The lowest BCUT2D eigenvalue weighted by atomic mass is 10.1. The minimum absolute atomic E-state index is 0.110. The molecule has 150 valence electrons. The zero-order valence-corrected chi connectivity index (χ0v) is 15.7. The van der Waals surface area contributed by atoms with E-state index in [9.17, 15) is 14.0 Å². The number of amides is 1. The molecule has 0 atom stereocenters. The molecule has 7 heteroatoms. The minimum atomic E-state index is -0.439. The fourth-order valence-corrected chi connectivity index (χ4v) is 3.31. The Morgan fingerprint density at radius 2 is 1.86 bits per heavy atom. The van der Waals surface area contributed by atoms with E-state index in [4.69, 9.17) is 13.9 Å². The molecule has 29 heavy (non-hydrogen) atoms. The van der Waals surface area contributed by atoms with E-state index in [1.807, 2.05) is 0 Å². The van der Waals surface area contributed by atoms with E-state index < -0.39 is 5.63 Å². The number of fused-ring (bicyclic) bond motifs is 1. The average Bonchev–Trinajstić information content (AvgIpc) is 2.74. The third kappa shape index (κ3) is 4.56. The Balaban J connectivity index is 1.29.